The van der Waals surface area contributed by atoms with Crippen LogP contribution in [-0.2, 0) is 19.2 Å². The number of nitrogens with one attached hydrogen (secondary N) is 1. The first-order valence-corrected chi connectivity index (χ1v) is 29.2. The topological polar surface area (TPSA) is 254 Å². The molecule has 0 aromatic rings. The normalized spacial score (nSPS) is 44.6. The lowest BCUT2D eigenvalue weighted by Gasteiger charge is -2.63. The molecule has 416 valence electrons. The van der Waals surface area contributed by atoms with Crippen LogP contribution < -0.4 is 15.5 Å². The summed E-state index contributed by atoms with van der Waals surface area (Å²) in [5.74, 6) is -0.754. The lowest BCUT2D eigenvalue weighted by molar-refractivity contribution is -0.310. The number of carboxylic acids is 2. The van der Waals surface area contributed by atoms with Crippen molar-refractivity contribution < 1.29 is 60.0 Å². The van der Waals surface area contributed by atoms with Gasteiger partial charge in [0.25, 0.3) is 0 Å². The molecule has 0 saturated heterocycles. The Kier molecular flexibility index (Phi) is 17.5. The summed E-state index contributed by atoms with van der Waals surface area (Å²) in [4.78, 5) is 53.4. The van der Waals surface area contributed by atoms with Crippen LogP contribution in [-0.4, -0.2) is 140 Å². The van der Waals surface area contributed by atoms with Gasteiger partial charge in [0.05, 0.1) is 48.6 Å². The van der Waals surface area contributed by atoms with Gasteiger partial charge in [-0.1, -0.05) is 41.5 Å². The fraction of sp³-hybridized carbons (Fsp3) is 0.931. The van der Waals surface area contributed by atoms with Gasteiger partial charge >= 0.3 is 0 Å². The predicted molar refractivity (Wildman–Crippen MR) is 270 cm³/mol. The monoisotopic (exact) mass is 1030 g/mol. The second-order valence-electron chi connectivity index (χ2n) is 27.0. The van der Waals surface area contributed by atoms with Crippen LogP contribution in [0.15, 0.2) is 0 Å². The number of aliphatic carboxylic acids is 2. The summed E-state index contributed by atoms with van der Waals surface area (Å²) in [6.07, 6.45) is 11.4. The van der Waals surface area contributed by atoms with E-state index in [2.05, 4.69) is 46.9 Å². The molecule has 8 saturated carbocycles. The van der Waals surface area contributed by atoms with E-state index < -0.39 is 54.9 Å². The molecule has 0 heterocycles. The van der Waals surface area contributed by atoms with Crippen LogP contribution >= 0.6 is 0 Å². The number of fused-ring (bicyclic) bond motifs is 10. The third kappa shape index (κ3) is 10.9. The predicted octanol–water partition coefficient (Wildman–Crippen LogP) is 3.27. The Labute approximate surface area is 436 Å². The molecule has 0 aliphatic heterocycles. The zero-order valence-electron chi connectivity index (χ0n) is 45.3. The molecule has 8 aliphatic rings. The number of aliphatic hydroxyl groups excluding tert-OH is 6. The SMILES string of the molecule is CC(CCC(=O)NCCCN(CCCN(CC(=O)[O-])CC(=O)[O-])C(=O)CCC(C)C1CCC2C3C(C[C@H](O)[C@]12C)[C@@]1(C)CC[C@@H](O)CC1C[C@H]3O)C1CCC2C3C(C[C@H](O)[C@]12C)[C@@]1(C)CC[C@@H](O)CC1C[C@H]3O. The van der Waals surface area contributed by atoms with Crippen molar-refractivity contribution in [3.05, 3.63) is 0 Å². The maximum atomic E-state index is 14.2. The second-order valence-corrected chi connectivity index (χ2v) is 27.0. The summed E-state index contributed by atoms with van der Waals surface area (Å²) in [5.41, 5.74) is -0.766. The molecule has 8 rings (SSSR count). The van der Waals surface area contributed by atoms with Gasteiger partial charge in [0, 0.05) is 52.1 Å². The molecule has 0 spiro atoms. The summed E-state index contributed by atoms with van der Waals surface area (Å²) in [7, 11) is 0. The smallest absolute Gasteiger partial charge is 0.222 e. The molecule has 8 aliphatic carbocycles. The number of carbonyl (C=O) groups is 4. The van der Waals surface area contributed by atoms with Gasteiger partial charge in [0.2, 0.25) is 11.8 Å². The Morgan fingerprint density at radius 3 is 1.49 bits per heavy atom. The van der Waals surface area contributed by atoms with Crippen molar-refractivity contribution in [3.8, 4) is 0 Å². The first-order valence-electron chi connectivity index (χ1n) is 29.2. The number of amides is 2. The number of aliphatic hydroxyl groups is 6. The van der Waals surface area contributed by atoms with E-state index in [9.17, 15) is 60.0 Å². The third-order valence-electron chi connectivity index (χ3n) is 23.6. The number of nitrogens with zero attached hydrogens (tertiary/aromatic N) is 2. The van der Waals surface area contributed by atoms with E-state index in [-0.39, 0.29) is 131 Å². The zero-order chi connectivity index (χ0) is 52.9. The van der Waals surface area contributed by atoms with E-state index in [1.165, 1.54) is 4.90 Å². The zero-order valence-corrected chi connectivity index (χ0v) is 45.3. The van der Waals surface area contributed by atoms with E-state index in [0.717, 1.165) is 57.8 Å². The number of carbonyl (C=O) groups excluding carboxylic acids is 4. The average Bonchev–Trinajstić information content (AvgIpc) is 3.87. The fourth-order valence-corrected chi connectivity index (χ4v) is 19.5. The molecule has 15 nitrogen and oxygen atoms in total. The standard InChI is InChI=1S/C58H97N3O12/c1-33(39-11-13-41-53-43(29-47(66)57(39,41)5)55(3)19-17-37(62)25-35(55)27-45(53)64)9-15-49(68)59-21-7-23-61(24-8-22-60(31-51(70)71)32-52(72)73)50(69)16-10-34(2)40-12-14-42-54-44(30-48(67)58(40,42)6)56(4)20-18-38(63)26-36(56)28-46(54)65/h33-48,53-54,62-67H,7-32H2,1-6H3,(H,59,68)(H,70,71)(H,72,73)/p-2/t33?,34?,35?,36?,37-,38-,39?,40?,41?,42?,43?,44?,45-,46-,47+,48+,53?,54?,55+,56+,57-,58-/m1/s1. The first-order chi connectivity index (χ1) is 34.4. The molecule has 0 aromatic heterocycles. The van der Waals surface area contributed by atoms with Crippen molar-refractivity contribution in [1.29, 1.82) is 0 Å². The third-order valence-corrected chi connectivity index (χ3v) is 23.6. The van der Waals surface area contributed by atoms with Gasteiger partial charge in [-0.05, 0) is 208 Å². The van der Waals surface area contributed by atoms with Crippen LogP contribution in [0.4, 0.5) is 0 Å². The quantitative estimate of drug-likeness (QED) is 0.0867. The van der Waals surface area contributed by atoms with Crippen LogP contribution in [0.5, 0.6) is 0 Å². The second kappa shape index (κ2) is 22.5. The van der Waals surface area contributed by atoms with Gasteiger partial charge in [0.15, 0.2) is 0 Å². The summed E-state index contributed by atoms with van der Waals surface area (Å²) in [5, 5.41) is 94.5. The minimum Gasteiger partial charge on any atom is -0.549 e. The average molecular weight is 1030 g/mol. The summed E-state index contributed by atoms with van der Waals surface area (Å²) in [6.45, 7) is 13.4. The van der Waals surface area contributed by atoms with Gasteiger partial charge in [-0.15, -0.1) is 0 Å². The lowest BCUT2D eigenvalue weighted by Crippen LogP contribution is -2.62. The van der Waals surface area contributed by atoms with Gasteiger partial charge in [-0.2, -0.15) is 0 Å². The van der Waals surface area contributed by atoms with E-state index in [0.29, 0.717) is 77.3 Å². The van der Waals surface area contributed by atoms with E-state index in [1.54, 1.807) is 4.90 Å². The van der Waals surface area contributed by atoms with Gasteiger partial charge in [-0.25, -0.2) is 0 Å². The van der Waals surface area contributed by atoms with Crippen LogP contribution in [0.1, 0.15) is 170 Å². The maximum Gasteiger partial charge on any atom is 0.222 e. The Hall–Kier alpha value is -2.40. The Balaban J connectivity index is 0.841. The molecule has 73 heavy (non-hydrogen) atoms. The molecule has 0 aromatic carbocycles. The number of carboxylic acid groups (broad SMARTS) is 2. The Bertz CT molecular complexity index is 1940. The largest absolute Gasteiger partial charge is 0.549 e. The van der Waals surface area contributed by atoms with Crippen LogP contribution in [0.25, 0.3) is 0 Å². The highest BCUT2D eigenvalue weighted by atomic mass is 16.4. The molecule has 0 bridgehead atoms. The van der Waals surface area contributed by atoms with Crippen molar-refractivity contribution in [1.82, 2.24) is 15.1 Å². The number of hydrogen-bond donors (Lipinski definition) is 7. The Morgan fingerprint density at radius 1 is 0.575 bits per heavy atom. The Morgan fingerprint density at radius 2 is 1.03 bits per heavy atom. The summed E-state index contributed by atoms with van der Waals surface area (Å²) >= 11 is 0. The van der Waals surface area contributed by atoms with Crippen molar-refractivity contribution in [3.63, 3.8) is 0 Å². The summed E-state index contributed by atoms with van der Waals surface area (Å²) < 4.78 is 0. The maximum absolute atomic E-state index is 14.2. The first kappa shape index (κ1) is 56.8. The minimum atomic E-state index is -1.40. The number of rotatable bonds is 20. The summed E-state index contributed by atoms with van der Waals surface area (Å²) in [6, 6.07) is 0. The molecule has 8 fully saturated rings. The molecule has 12 unspecified atom stereocenters. The van der Waals surface area contributed by atoms with Gasteiger partial charge in [0.1, 0.15) is 0 Å². The highest BCUT2D eigenvalue weighted by molar-refractivity contribution is 5.76. The van der Waals surface area contributed by atoms with E-state index >= 15 is 0 Å². The van der Waals surface area contributed by atoms with Crippen LogP contribution in [0.3, 0.4) is 0 Å². The molecule has 22 atom stereocenters. The van der Waals surface area contributed by atoms with Crippen molar-refractivity contribution in [2.24, 2.45) is 92.7 Å². The molecular formula is C58H95N3O12-2. The minimum absolute atomic E-state index is 0.00704. The van der Waals surface area contributed by atoms with Gasteiger partial charge in [-0.3, -0.25) is 14.5 Å². The van der Waals surface area contributed by atoms with E-state index in [1.807, 2.05) is 0 Å². The van der Waals surface area contributed by atoms with E-state index in [4.69, 9.17) is 0 Å². The number of hydrogen-bond acceptors (Lipinski definition) is 13. The van der Waals surface area contributed by atoms with Crippen LogP contribution in [0.2, 0.25) is 0 Å². The molecule has 0 radical (unpaired) electrons. The van der Waals surface area contributed by atoms with Crippen molar-refractivity contribution >= 4 is 23.8 Å². The van der Waals surface area contributed by atoms with Crippen molar-refractivity contribution in [2.75, 3.05) is 39.3 Å². The van der Waals surface area contributed by atoms with Crippen molar-refractivity contribution in [2.45, 2.75) is 207 Å². The molecule has 2 amide bonds. The fourth-order valence-electron chi connectivity index (χ4n) is 19.5. The highest BCUT2D eigenvalue weighted by Gasteiger charge is 2.67. The van der Waals surface area contributed by atoms with Gasteiger partial charge < -0.3 is 60.7 Å². The van der Waals surface area contributed by atoms with Crippen LogP contribution in [0, 0.1) is 92.7 Å². The highest BCUT2D eigenvalue weighted by Crippen LogP contribution is 2.70. The molecule has 15 heteroatoms. The molecular weight excluding hydrogens is 931 g/mol. The molecule has 7 N–H and O–H groups in total. The lowest BCUT2D eigenvalue weighted by atomic mass is 9.43.